The Morgan fingerprint density at radius 3 is 2.56 bits per heavy atom. The van der Waals surface area contributed by atoms with Crippen LogP contribution in [0, 0.1) is 12.8 Å². The molecule has 0 N–H and O–H groups in total. The normalized spacial score (nSPS) is 15.9. The van der Waals surface area contributed by atoms with Crippen LogP contribution in [-0.2, 0) is 25.4 Å². The predicted molar refractivity (Wildman–Crippen MR) is 145 cm³/mol. The van der Waals surface area contributed by atoms with Crippen molar-refractivity contribution in [3.8, 4) is 11.5 Å². The molecule has 0 spiro atoms. The first-order chi connectivity index (χ1) is 18.8. The molecule has 2 aromatic carbocycles. The molecule has 3 heterocycles. The predicted octanol–water partition coefficient (Wildman–Crippen LogP) is 7.61. The molecule has 5 nitrogen and oxygen atoms in total. The van der Waals surface area contributed by atoms with Crippen LogP contribution in [0.5, 0.6) is 0 Å². The van der Waals surface area contributed by atoms with Gasteiger partial charge in [-0.2, -0.15) is 13.2 Å². The fourth-order valence-corrected chi connectivity index (χ4v) is 4.89. The Morgan fingerprint density at radius 1 is 0.974 bits per heavy atom. The van der Waals surface area contributed by atoms with E-state index in [9.17, 15) is 13.2 Å². The quantitative estimate of drug-likeness (QED) is 0.234. The number of allylic oxidation sites excluding steroid dienone is 1. The Balaban J connectivity index is 1.23. The summed E-state index contributed by atoms with van der Waals surface area (Å²) >= 11 is 0. The van der Waals surface area contributed by atoms with Crippen molar-refractivity contribution in [2.45, 2.75) is 52.1 Å². The minimum Gasteiger partial charge on any atom is -0.441 e. The molecule has 202 valence electrons. The zero-order chi connectivity index (χ0) is 27.4. The maximum atomic E-state index is 13.1. The Morgan fingerprint density at radius 2 is 1.77 bits per heavy atom. The lowest BCUT2D eigenvalue weighted by molar-refractivity contribution is -0.141. The van der Waals surface area contributed by atoms with Gasteiger partial charge in [-0.1, -0.05) is 49.4 Å². The standard InChI is InChI=1S/C31H31F3N4O/c1-21-15-17-38(30-35-16-14-28(37-30)31(32,33)34)20-26(21)19-24-10-6-8-23(18-24)9-7-13-27-22(2)39-29(36-27)25-11-4-3-5-12-25/h3-6,8,10-12,14,16,18,20-21H,7,9,13,15,17,19H2,1-2H3. The van der Waals surface area contributed by atoms with E-state index in [0.717, 1.165) is 60.8 Å². The Labute approximate surface area is 226 Å². The van der Waals surface area contributed by atoms with E-state index in [2.05, 4.69) is 41.2 Å². The zero-order valence-corrected chi connectivity index (χ0v) is 22.1. The second kappa shape index (κ2) is 11.4. The van der Waals surface area contributed by atoms with Gasteiger partial charge in [0, 0.05) is 24.5 Å². The van der Waals surface area contributed by atoms with Crippen LogP contribution >= 0.6 is 0 Å². The van der Waals surface area contributed by atoms with E-state index in [1.807, 2.05) is 43.5 Å². The zero-order valence-electron chi connectivity index (χ0n) is 22.1. The average Bonchev–Trinajstić information content (AvgIpc) is 3.30. The summed E-state index contributed by atoms with van der Waals surface area (Å²) in [6.07, 6.45) is 2.85. The van der Waals surface area contributed by atoms with Crippen LogP contribution in [0.3, 0.4) is 0 Å². The Bertz CT molecular complexity index is 1450. The average molecular weight is 533 g/mol. The number of aromatic nitrogens is 3. The topological polar surface area (TPSA) is 55.1 Å². The highest BCUT2D eigenvalue weighted by molar-refractivity contribution is 5.53. The lowest BCUT2D eigenvalue weighted by Crippen LogP contribution is -2.29. The monoisotopic (exact) mass is 532 g/mol. The van der Waals surface area contributed by atoms with E-state index in [4.69, 9.17) is 9.40 Å². The molecule has 5 rings (SSSR count). The minimum absolute atomic E-state index is 0.0848. The molecule has 1 aliphatic rings. The van der Waals surface area contributed by atoms with E-state index in [1.165, 1.54) is 17.3 Å². The van der Waals surface area contributed by atoms with Crippen molar-refractivity contribution < 1.29 is 17.6 Å². The molecule has 1 atom stereocenters. The number of halogens is 3. The van der Waals surface area contributed by atoms with Gasteiger partial charge in [0.25, 0.3) is 0 Å². The second-order valence-electron chi connectivity index (χ2n) is 10.1. The number of nitrogens with zero attached hydrogens (tertiary/aromatic N) is 4. The number of rotatable bonds is 8. The molecule has 2 aromatic heterocycles. The summed E-state index contributed by atoms with van der Waals surface area (Å²) in [6.45, 7) is 4.70. The van der Waals surface area contributed by atoms with E-state index < -0.39 is 11.9 Å². The number of alkyl halides is 3. The molecular weight excluding hydrogens is 501 g/mol. The molecule has 0 aliphatic carbocycles. The lowest BCUT2D eigenvalue weighted by atomic mass is 9.89. The molecule has 0 fully saturated rings. The largest absolute Gasteiger partial charge is 0.441 e. The number of oxazole rings is 1. The molecule has 4 aromatic rings. The summed E-state index contributed by atoms with van der Waals surface area (Å²) in [5.74, 6) is 1.92. The maximum absolute atomic E-state index is 13.1. The second-order valence-corrected chi connectivity index (χ2v) is 10.1. The summed E-state index contributed by atoms with van der Waals surface area (Å²) < 4.78 is 45.3. The van der Waals surface area contributed by atoms with Crippen molar-refractivity contribution in [3.63, 3.8) is 0 Å². The molecule has 8 heteroatoms. The van der Waals surface area contributed by atoms with Gasteiger partial charge in [0.2, 0.25) is 11.8 Å². The van der Waals surface area contributed by atoms with E-state index in [1.54, 1.807) is 4.90 Å². The molecule has 0 saturated carbocycles. The van der Waals surface area contributed by atoms with Crippen LogP contribution in [0.1, 0.15) is 48.0 Å². The van der Waals surface area contributed by atoms with Crippen molar-refractivity contribution in [2.24, 2.45) is 5.92 Å². The van der Waals surface area contributed by atoms with Gasteiger partial charge in [-0.25, -0.2) is 15.0 Å². The molecule has 0 saturated heterocycles. The summed E-state index contributed by atoms with van der Waals surface area (Å²) in [7, 11) is 0. The Hall–Kier alpha value is -3.94. The number of anilines is 1. The lowest BCUT2D eigenvalue weighted by Gasteiger charge is -2.29. The fraction of sp³-hybridized carbons (Fsp3) is 0.323. The molecular formula is C31H31F3N4O. The van der Waals surface area contributed by atoms with Crippen molar-refractivity contribution in [1.29, 1.82) is 0 Å². The van der Waals surface area contributed by atoms with E-state index in [-0.39, 0.29) is 5.95 Å². The highest BCUT2D eigenvalue weighted by Gasteiger charge is 2.33. The van der Waals surface area contributed by atoms with Crippen LogP contribution in [0.4, 0.5) is 19.1 Å². The third-order valence-corrected chi connectivity index (χ3v) is 7.14. The third-order valence-electron chi connectivity index (χ3n) is 7.14. The SMILES string of the molecule is Cc1oc(-c2ccccc2)nc1CCCc1cccc(CC2=CN(c3nccc(C(F)(F)F)n3)CCC2C)c1. The first-order valence-corrected chi connectivity index (χ1v) is 13.2. The van der Waals surface area contributed by atoms with Crippen LogP contribution in [0.25, 0.3) is 11.5 Å². The van der Waals surface area contributed by atoms with E-state index in [0.29, 0.717) is 18.4 Å². The first-order valence-electron chi connectivity index (χ1n) is 13.2. The van der Waals surface area contributed by atoms with Gasteiger partial charge in [-0.3, -0.25) is 0 Å². The fourth-order valence-electron chi connectivity index (χ4n) is 4.89. The van der Waals surface area contributed by atoms with Gasteiger partial charge < -0.3 is 9.32 Å². The summed E-state index contributed by atoms with van der Waals surface area (Å²) in [5, 5.41) is 0. The van der Waals surface area contributed by atoms with Gasteiger partial charge in [-0.05, 0) is 79.8 Å². The van der Waals surface area contributed by atoms with Gasteiger partial charge in [0.1, 0.15) is 11.5 Å². The molecule has 0 bridgehead atoms. The van der Waals surface area contributed by atoms with Gasteiger partial charge in [0.15, 0.2) is 0 Å². The number of hydrogen-bond donors (Lipinski definition) is 0. The Kier molecular flexibility index (Phi) is 7.82. The van der Waals surface area contributed by atoms with Crippen molar-refractivity contribution in [1.82, 2.24) is 15.0 Å². The number of hydrogen-bond acceptors (Lipinski definition) is 5. The minimum atomic E-state index is -4.50. The molecule has 0 amide bonds. The molecule has 1 unspecified atom stereocenters. The third kappa shape index (κ3) is 6.56. The van der Waals surface area contributed by atoms with Crippen LogP contribution in [0.2, 0.25) is 0 Å². The van der Waals surface area contributed by atoms with Crippen molar-refractivity contribution in [2.75, 3.05) is 11.4 Å². The highest BCUT2D eigenvalue weighted by Crippen LogP contribution is 2.31. The summed E-state index contributed by atoms with van der Waals surface area (Å²) in [4.78, 5) is 14.3. The van der Waals surface area contributed by atoms with E-state index >= 15 is 0 Å². The van der Waals surface area contributed by atoms with Crippen LogP contribution in [-0.4, -0.2) is 21.5 Å². The highest BCUT2D eigenvalue weighted by atomic mass is 19.4. The van der Waals surface area contributed by atoms with Gasteiger partial charge in [0.05, 0.1) is 5.69 Å². The molecule has 1 aliphatic heterocycles. The smallest absolute Gasteiger partial charge is 0.433 e. The number of aryl methyl sites for hydroxylation is 3. The van der Waals surface area contributed by atoms with Gasteiger partial charge in [-0.15, -0.1) is 0 Å². The van der Waals surface area contributed by atoms with Crippen molar-refractivity contribution >= 4 is 5.95 Å². The van der Waals surface area contributed by atoms with Crippen molar-refractivity contribution in [3.05, 3.63) is 107 Å². The summed E-state index contributed by atoms with van der Waals surface area (Å²) in [5.41, 5.74) is 4.63. The van der Waals surface area contributed by atoms with Gasteiger partial charge >= 0.3 is 6.18 Å². The molecule has 39 heavy (non-hydrogen) atoms. The van der Waals surface area contributed by atoms with Crippen LogP contribution in [0.15, 0.2) is 83.1 Å². The number of benzene rings is 2. The summed E-state index contributed by atoms with van der Waals surface area (Å²) in [6, 6.07) is 19.3. The first kappa shape index (κ1) is 26.7. The maximum Gasteiger partial charge on any atom is 0.433 e. The van der Waals surface area contributed by atoms with Crippen LogP contribution < -0.4 is 4.90 Å². The molecule has 0 radical (unpaired) electrons.